The van der Waals surface area contributed by atoms with Crippen molar-refractivity contribution in [3.05, 3.63) is 29.3 Å². The van der Waals surface area contributed by atoms with E-state index in [-0.39, 0.29) is 0 Å². The number of rotatable bonds is 3. The molecule has 94 valence electrons. The molecule has 0 aliphatic rings. The van der Waals surface area contributed by atoms with Gasteiger partial charge in [0.1, 0.15) is 5.75 Å². The van der Waals surface area contributed by atoms with Crippen molar-refractivity contribution in [3.8, 4) is 5.75 Å². The number of halogens is 5. The minimum atomic E-state index is -4.70. The molecule has 0 aliphatic carbocycles. The van der Waals surface area contributed by atoms with Gasteiger partial charge in [-0.2, -0.15) is 22.0 Å². The maximum Gasteiger partial charge on any atom is 0.416 e. The van der Waals surface area contributed by atoms with Crippen LogP contribution in [0.15, 0.2) is 18.2 Å². The molecule has 0 bridgehead atoms. The van der Waals surface area contributed by atoms with E-state index in [0.29, 0.717) is 18.2 Å². The summed E-state index contributed by atoms with van der Waals surface area (Å²) in [5.41, 5.74) is 2.85. The quantitative estimate of drug-likeness (QED) is 0.843. The maximum atomic E-state index is 12.3. The zero-order chi connectivity index (χ0) is 13.2. The van der Waals surface area contributed by atoms with Crippen molar-refractivity contribution in [2.45, 2.75) is 12.8 Å². The van der Waals surface area contributed by atoms with Gasteiger partial charge in [0.25, 0.3) is 5.91 Å². The Morgan fingerprint density at radius 1 is 1.29 bits per heavy atom. The summed E-state index contributed by atoms with van der Waals surface area (Å²) < 4.78 is 64.5. The number of primary amides is 1. The molecule has 0 aliphatic heterocycles. The van der Waals surface area contributed by atoms with Crippen molar-refractivity contribution >= 4 is 5.91 Å². The molecule has 0 radical (unpaired) electrons. The van der Waals surface area contributed by atoms with Gasteiger partial charge in [-0.25, -0.2) is 0 Å². The molecule has 0 aromatic heterocycles. The normalized spacial score (nSPS) is 11.6. The van der Waals surface area contributed by atoms with Crippen LogP contribution in [0, 0.1) is 0 Å². The fourth-order valence-electron chi connectivity index (χ4n) is 1.10. The summed E-state index contributed by atoms with van der Waals surface area (Å²) >= 11 is 0. The predicted molar refractivity (Wildman–Crippen MR) is 46.6 cm³/mol. The van der Waals surface area contributed by atoms with Crippen molar-refractivity contribution in [3.63, 3.8) is 0 Å². The minimum Gasteiger partial charge on any atom is -0.434 e. The number of nitrogens with two attached hydrogens (primary N) is 1. The lowest BCUT2D eigenvalue weighted by molar-refractivity contribution is -0.137. The molecule has 0 saturated heterocycles. The first kappa shape index (κ1) is 13.2. The highest BCUT2D eigenvalue weighted by molar-refractivity contribution is 5.95. The maximum absolute atomic E-state index is 12.3. The van der Waals surface area contributed by atoms with Crippen LogP contribution in [0.3, 0.4) is 0 Å². The molecule has 1 amide bonds. The first-order chi connectivity index (χ1) is 7.71. The van der Waals surface area contributed by atoms with Crippen molar-refractivity contribution < 1.29 is 31.5 Å². The van der Waals surface area contributed by atoms with E-state index in [1.165, 1.54) is 0 Å². The lowest BCUT2D eigenvalue weighted by Gasteiger charge is -2.11. The molecule has 0 unspecified atom stereocenters. The van der Waals surface area contributed by atoms with Gasteiger partial charge in [0.15, 0.2) is 0 Å². The molecule has 2 N–H and O–H groups in total. The molecule has 3 nitrogen and oxygen atoms in total. The number of hydrogen-bond acceptors (Lipinski definition) is 2. The second-order valence-electron chi connectivity index (χ2n) is 2.95. The fraction of sp³-hybridized carbons (Fsp3) is 0.222. The number of amides is 1. The Hall–Kier alpha value is -1.86. The van der Waals surface area contributed by atoms with E-state index in [9.17, 15) is 26.7 Å². The van der Waals surface area contributed by atoms with Gasteiger partial charge in [-0.15, -0.1) is 0 Å². The van der Waals surface area contributed by atoms with Gasteiger partial charge >= 0.3 is 12.8 Å². The van der Waals surface area contributed by atoms with E-state index >= 15 is 0 Å². The van der Waals surface area contributed by atoms with Gasteiger partial charge in [-0.05, 0) is 18.2 Å². The third-order valence-electron chi connectivity index (χ3n) is 1.79. The molecule has 0 fully saturated rings. The average Bonchev–Trinajstić information content (AvgIpc) is 2.15. The topological polar surface area (TPSA) is 52.3 Å². The van der Waals surface area contributed by atoms with Gasteiger partial charge < -0.3 is 10.5 Å². The molecule has 0 atom stereocenters. The van der Waals surface area contributed by atoms with Crippen molar-refractivity contribution in [2.24, 2.45) is 5.73 Å². The third-order valence-corrected chi connectivity index (χ3v) is 1.79. The van der Waals surface area contributed by atoms with Crippen LogP contribution < -0.4 is 10.5 Å². The Morgan fingerprint density at radius 3 is 2.29 bits per heavy atom. The highest BCUT2D eigenvalue weighted by atomic mass is 19.4. The van der Waals surface area contributed by atoms with Crippen LogP contribution in [0.4, 0.5) is 22.0 Å². The van der Waals surface area contributed by atoms with Crippen LogP contribution in [0.1, 0.15) is 15.9 Å². The molecule has 8 heteroatoms. The van der Waals surface area contributed by atoms with E-state index in [2.05, 4.69) is 4.74 Å². The smallest absolute Gasteiger partial charge is 0.416 e. The number of carbonyl (C=O) groups excluding carboxylic acids is 1. The van der Waals surface area contributed by atoms with Crippen molar-refractivity contribution in [2.75, 3.05) is 0 Å². The van der Waals surface area contributed by atoms with Crippen LogP contribution in [-0.2, 0) is 6.18 Å². The van der Waals surface area contributed by atoms with Gasteiger partial charge in [-0.1, -0.05) is 0 Å². The number of carbonyl (C=O) groups is 1. The Labute approximate surface area is 92.0 Å². The van der Waals surface area contributed by atoms with Crippen molar-refractivity contribution in [1.82, 2.24) is 0 Å². The van der Waals surface area contributed by atoms with Crippen LogP contribution >= 0.6 is 0 Å². The van der Waals surface area contributed by atoms with Gasteiger partial charge in [0, 0.05) is 0 Å². The Morgan fingerprint density at radius 2 is 1.88 bits per heavy atom. The van der Waals surface area contributed by atoms with E-state index in [1.807, 2.05) is 0 Å². The van der Waals surface area contributed by atoms with Crippen LogP contribution in [0.25, 0.3) is 0 Å². The lowest BCUT2D eigenvalue weighted by Crippen LogP contribution is -2.16. The standard InChI is InChI=1S/C9H6F5NO2/c10-8(11)17-6-2-1-4(9(12,13)14)3-5(6)7(15)16/h1-3,8H,(H2,15,16). The molecule has 17 heavy (non-hydrogen) atoms. The van der Waals surface area contributed by atoms with Crippen LogP contribution in [0.2, 0.25) is 0 Å². The second kappa shape index (κ2) is 4.56. The van der Waals surface area contributed by atoms with E-state index in [0.717, 1.165) is 0 Å². The number of hydrogen-bond donors (Lipinski definition) is 1. The molecule has 1 aromatic rings. The molecule has 0 saturated carbocycles. The van der Waals surface area contributed by atoms with Gasteiger partial charge in [0.05, 0.1) is 11.1 Å². The summed E-state index contributed by atoms with van der Waals surface area (Å²) in [7, 11) is 0. The molecule has 0 heterocycles. The van der Waals surface area contributed by atoms with E-state index in [4.69, 9.17) is 5.73 Å². The monoisotopic (exact) mass is 255 g/mol. The zero-order valence-electron chi connectivity index (χ0n) is 8.09. The number of alkyl halides is 5. The SMILES string of the molecule is NC(=O)c1cc(C(F)(F)F)ccc1OC(F)F. The van der Waals surface area contributed by atoms with E-state index in [1.54, 1.807) is 0 Å². The zero-order valence-corrected chi connectivity index (χ0v) is 8.09. The first-order valence-electron chi connectivity index (χ1n) is 4.17. The minimum absolute atomic E-state index is 0.361. The van der Waals surface area contributed by atoms with Gasteiger partial charge in [0.2, 0.25) is 0 Å². The number of ether oxygens (including phenoxy) is 1. The Balaban J connectivity index is 3.22. The molecule has 1 rings (SSSR count). The Bertz CT molecular complexity index is 430. The van der Waals surface area contributed by atoms with Crippen molar-refractivity contribution in [1.29, 1.82) is 0 Å². The summed E-state index contributed by atoms with van der Waals surface area (Å²) in [4.78, 5) is 10.8. The highest BCUT2D eigenvalue weighted by Crippen LogP contribution is 2.32. The van der Waals surface area contributed by atoms with Crippen LogP contribution in [-0.4, -0.2) is 12.5 Å². The van der Waals surface area contributed by atoms with Crippen LogP contribution in [0.5, 0.6) is 5.75 Å². The fourth-order valence-corrected chi connectivity index (χ4v) is 1.10. The van der Waals surface area contributed by atoms with E-state index < -0.39 is 35.6 Å². The van der Waals surface area contributed by atoms with Gasteiger partial charge in [-0.3, -0.25) is 4.79 Å². The highest BCUT2D eigenvalue weighted by Gasteiger charge is 2.32. The summed E-state index contributed by atoms with van der Waals surface area (Å²) in [6, 6.07) is 1.50. The summed E-state index contributed by atoms with van der Waals surface area (Å²) in [6.07, 6.45) is -4.70. The average molecular weight is 255 g/mol. The lowest BCUT2D eigenvalue weighted by atomic mass is 10.1. The molecular weight excluding hydrogens is 249 g/mol. The second-order valence-corrected chi connectivity index (χ2v) is 2.95. The summed E-state index contributed by atoms with van der Waals surface area (Å²) in [5.74, 6) is -1.98. The largest absolute Gasteiger partial charge is 0.434 e. The molecule has 0 spiro atoms. The molecule has 1 aromatic carbocycles. The Kier molecular flexibility index (Phi) is 3.54. The summed E-state index contributed by atoms with van der Waals surface area (Å²) in [6.45, 7) is -3.26. The molecular formula is C9H6F5NO2. The third kappa shape index (κ3) is 3.30. The number of benzene rings is 1. The predicted octanol–water partition coefficient (Wildman–Crippen LogP) is 2.41. The first-order valence-corrected chi connectivity index (χ1v) is 4.17. The summed E-state index contributed by atoms with van der Waals surface area (Å²) in [5, 5.41) is 0.